The van der Waals surface area contributed by atoms with Crippen molar-refractivity contribution in [1.29, 1.82) is 0 Å². The second-order valence-corrected chi connectivity index (χ2v) is 5.56. The highest BCUT2D eigenvalue weighted by Crippen LogP contribution is 2.21. The van der Waals surface area contributed by atoms with Crippen LogP contribution < -0.4 is 5.32 Å². The van der Waals surface area contributed by atoms with E-state index in [4.69, 9.17) is 9.15 Å². The van der Waals surface area contributed by atoms with Crippen LogP contribution in [0.1, 0.15) is 27.9 Å². The number of furan rings is 1. The van der Waals surface area contributed by atoms with Gasteiger partial charge in [0, 0.05) is 12.7 Å². The molecule has 2 aromatic rings. The topological polar surface area (TPSA) is 71.7 Å². The largest absolute Gasteiger partial charge is 0.466 e. The van der Waals surface area contributed by atoms with Gasteiger partial charge in [0.2, 0.25) is 0 Å². The molecule has 5 nitrogen and oxygen atoms in total. The Morgan fingerprint density at radius 3 is 3.00 bits per heavy atom. The molecule has 0 bridgehead atoms. The number of carbonyl (C=O) groups excluding carboxylic acids is 1. The maximum Gasteiger partial charge on any atom is 0.261 e. The van der Waals surface area contributed by atoms with E-state index in [2.05, 4.69) is 5.32 Å². The molecule has 1 amide bonds. The minimum absolute atomic E-state index is 0.0731. The average Bonchev–Trinajstić information content (AvgIpc) is 3.07. The fourth-order valence-electron chi connectivity index (χ4n) is 1.81. The summed E-state index contributed by atoms with van der Waals surface area (Å²) in [5.74, 6) is 0.194. The van der Waals surface area contributed by atoms with Crippen molar-refractivity contribution >= 4 is 17.2 Å². The zero-order chi connectivity index (χ0) is 14.6. The fourth-order valence-corrected chi connectivity index (χ4v) is 2.63. The maximum atomic E-state index is 12.1. The normalized spacial score (nSPS) is 13.9. The van der Waals surface area contributed by atoms with Gasteiger partial charge in [0.1, 0.15) is 11.4 Å². The van der Waals surface area contributed by atoms with Crippen LogP contribution in [-0.4, -0.2) is 24.7 Å². The molecule has 2 heterocycles. The number of nitrogens with one attached hydrogen (secondary N) is 1. The molecule has 108 valence electrons. The van der Waals surface area contributed by atoms with E-state index in [9.17, 15) is 9.90 Å². The third kappa shape index (κ3) is 3.27. The summed E-state index contributed by atoms with van der Waals surface area (Å²) in [7, 11) is 1.58. The number of thiophene rings is 1. The van der Waals surface area contributed by atoms with Crippen LogP contribution in [-0.2, 0) is 16.9 Å². The summed E-state index contributed by atoms with van der Waals surface area (Å²) < 4.78 is 10.2. The highest BCUT2D eigenvalue weighted by Gasteiger charge is 2.27. The molecule has 0 aliphatic rings. The van der Waals surface area contributed by atoms with Crippen LogP contribution in [0.5, 0.6) is 0 Å². The first kappa shape index (κ1) is 14.8. The number of carbonyl (C=O) groups is 1. The number of aliphatic hydroxyl groups is 1. The molecule has 0 aliphatic heterocycles. The van der Waals surface area contributed by atoms with Gasteiger partial charge < -0.3 is 19.6 Å². The molecule has 1 unspecified atom stereocenters. The van der Waals surface area contributed by atoms with Gasteiger partial charge in [-0.2, -0.15) is 0 Å². The van der Waals surface area contributed by atoms with Crippen LogP contribution in [0.25, 0.3) is 0 Å². The maximum absolute atomic E-state index is 12.1. The molecule has 2 rings (SSSR count). The van der Waals surface area contributed by atoms with Crippen molar-refractivity contribution in [3.05, 3.63) is 46.0 Å². The van der Waals surface area contributed by atoms with E-state index in [-0.39, 0.29) is 12.5 Å². The lowest BCUT2D eigenvalue weighted by atomic mass is 10.0. The number of hydrogen-bond donors (Lipinski definition) is 2. The number of methoxy groups -OCH3 is 1. The lowest BCUT2D eigenvalue weighted by Crippen LogP contribution is -2.38. The van der Waals surface area contributed by atoms with Crippen molar-refractivity contribution in [1.82, 2.24) is 5.32 Å². The van der Waals surface area contributed by atoms with E-state index in [1.165, 1.54) is 17.6 Å². The molecule has 20 heavy (non-hydrogen) atoms. The fraction of sp³-hybridized carbons (Fsp3) is 0.357. The van der Waals surface area contributed by atoms with E-state index in [0.29, 0.717) is 17.2 Å². The van der Waals surface area contributed by atoms with Gasteiger partial charge in [-0.15, -0.1) is 11.3 Å². The molecule has 0 radical (unpaired) electrons. The molecule has 0 saturated heterocycles. The minimum Gasteiger partial charge on any atom is -0.466 e. The van der Waals surface area contributed by atoms with Crippen LogP contribution in [0, 0.1) is 0 Å². The Morgan fingerprint density at radius 2 is 2.35 bits per heavy atom. The number of ether oxygens (including phenoxy) is 1. The third-order valence-electron chi connectivity index (χ3n) is 2.90. The Balaban J connectivity index is 2.00. The molecule has 2 aromatic heterocycles. The molecular formula is C14H17NO4S. The molecule has 0 aromatic carbocycles. The smallest absolute Gasteiger partial charge is 0.261 e. The minimum atomic E-state index is -1.24. The number of hydrogen-bond acceptors (Lipinski definition) is 5. The van der Waals surface area contributed by atoms with Crippen LogP contribution in [0.3, 0.4) is 0 Å². The van der Waals surface area contributed by atoms with Gasteiger partial charge in [0.05, 0.1) is 24.3 Å². The van der Waals surface area contributed by atoms with E-state index in [1.807, 2.05) is 11.4 Å². The van der Waals surface area contributed by atoms with E-state index >= 15 is 0 Å². The van der Waals surface area contributed by atoms with Gasteiger partial charge in [-0.05, 0) is 30.5 Å². The van der Waals surface area contributed by atoms with Crippen LogP contribution in [0.2, 0.25) is 0 Å². The molecule has 0 fully saturated rings. The Labute approximate surface area is 121 Å². The summed E-state index contributed by atoms with van der Waals surface area (Å²) in [6.45, 7) is 2.06. The van der Waals surface area contributed by atoms with Gasteiger partial charge in [0.25, 0.3) is 5.91 Å². The van der Waals surface area contributed by atoms with Gasteiger partial charge in [-0.3, -0.25) is 4.79 Å². The predicted molar refractivity (Wildman–Crippen MR) is 75.6 cm³/mol. The third-order valence-corrected chi connectivity index (χ3v) is 3.85. The monoisotopic (exact) mass is 295 g/mol. The van der Waals surface area contributed by atoms with E-state index < -0.39 is 5.60 Å². The highest BCUT2D eigenvalue weighted by molar-refractivity contribution is 7.12. The summed E-state index contributed by atoms with van der Waals surface area (Å²) in [6, 6.07) is 5.23. The molecule has 0 spiro atoms. The molecule has 2 N–H and O–H groups in total. The summed E-state index contributed by atoms with van der Waals surface area (Å²) in [5, 5.41) is 14.8. The zero-order valence-corrected chi connectivity index (χ0v) is 12.2. The van der Waals surface area contributed by atoms with Crippen LogP contribution in [0.15, 0.2) is 34.3 Å². The molecular weight excluding hydrogens is 278 g/mol. The average molecular weight is 295 g/mol. The van der Waals surface area contributed by atoms with E-state index in [0.717, 1.165) is 5.56 Å². The van der Waals surface area contributed by atoms with Crippen LogP contribution >= 0.6 is 11.3 Å². The molecule has 6 heteroatoms. The zero-order valence-electron chi connectivity index (χ0n) is 11.4. The highest BCUT2D eigenvalue weighted by atomic mass is 32.1. The van der Waals surface area contributed by atoms with Crippen molar-refractivity contribution < 1.29 is 19.1 Å². The van der Waals surface area contributed by atoms with Gasteiger partial charge in [-0.25, -0.2) is 0 Å². The predicted octanol–water partition coefficient (Wildman–Crippen LogP) is 2.12. The SMILES string of the molecule is COCc1ccsc1C(=O)NCC(C)(O)c1ccco1. The summed E-state index contributed by atoms with van der Waals surface area (Å²) >= 11 is 1.35. The Morgan fingerprint density at radius 1 is 1.55 bits per heavy atom. The second kappa shape index (κ2) is 6.21. The Kier molecular flexibility index (Phi) is 4.59. The van der Waals surface area contributed by atoms with Crippen molar-refractivity contribution in [3.63, 3.8) is 0 Å². The molecule has 1 atom stereocenters. The summed E-state index contributed by atoms with van der Waals surface area (Å²) in [5.41, 5.74) is -0.398. The first-order valence-electron chi connectivity index (χ1n) is 6.14. The van der Waals surface area contributed by atoms with Crippen molar-refractivity contribution in [3.8, 4) is 0 Å². The first-order chi connectivity index (χ1) is 9.54. The summed E-state index contributed by atoms with van der Waals surface area (Å²) in [6.07, 6.45) is 1.49. The van der Waals surface area contributed by atoms with Gasteiger partial charge in [0.15, 0.2) is 0 Å². The number of amides is 1. The van der Waals surface area contributed by atoms with E-state index in [1.54, 1.807) is 26.2 Å². The summed E-state index contributed by atoms with van der Waals surface area (Å²) in [4.78, 5) is 12.7. The van der Waals surface area contributed by atoms with Gasteiger partial charge >= 0.3 is 0 Å². The second-order valence-electron chi connectivity index (χ2n) is 4.64. The standard InChI is InChI=1S/C14H17NO4S/c1-14(17,11-4-3-6-19-11)9-15-13(16)12-10(8-18-2)5-7-20-12/h3-7,17H,8-9H2,1-2H3,(H,15,16). The van der Waals surface area contributed by atoms with Gasteiger partial charge in [-0.1, -0.05) is 0 Å². The Bertz CT molecular complexity index is 560. The first-order valence-corrected chi connectivity index (χ1v) is 7.02. The van der Waals surface area contributed by atoms with Crippen molar-refractivity contribution in [2.75, 3.05) is 13.7 Å². The lowest BCUT2D eigenvalue weighted by molar-refractivity contribution is 0.0330. The van der Waals surface area contributed by atoms with Crippen LogP contribution in [0.4, 0.5) is 0 Å². The molecule has 0 saturated carbocycles. The van der Waals surface area contributed by atoms with Crippen molar-refractivity contribution in [2.24, 2.45) is 0 Å². The lowest BCUT2D eigenvalue weighted by Gasteiger charge is -2.21. The molecule has 0 aliphatic carbocycles. The number of rotatable bonds is 6. The Hall–Kier alpha value is -1.63. The quantitative estimate of drug-likeness (QED) is 0.856. The van der Waals surface area contributed by atoms with Crippen molar-refractivity contribution in [2.45, 2.75) is 19.1 Å².